The summed E-state index contributed by atoms with van der Waals surface area (Å²) in [4.78, 5) is 26.8. The molecule has 4 N–H and O–H groups in total. The van der Waals surface area contributed by atoms with Crippen LogP contribution in [-0.2, 0) is 19.1 Å². The summed E-state index contributed by atoms with van der Waals surface area (Å²) >= 11 is 0. The van der Waals surface area contributed by atoms with Gasteiger partial charge in [-0.3, -0.25) is 0 Å². The zero-order chi connectivity index (χ0) is 36.0. The van der Waals surface area contributed by atoms with E-state index in [1.807, 2.05) is 13.8 Å². The van der Waals surface area contributed by atoms with Crippen LogP contribution in [0.3, 0.4) is 0 Å². The molecule has 0 aliphatic heterocycles. The highest BCUT2D eigenvalue weighted by Crippen LogP contribution is 2.76. The lowest BCUT2D eigenvalue weighted by Crippen LogP contribution is -2.76. The highest BCUT2D eigenvalue weighted by molar-refractivity contribution is 5.88. The second-order valence-electron chi connectivity index (χ2n) is 18.0. The van der Waals surface area contributed by atoms with E-state index >= 15 is 0 Å². The molecule has 0 heterocycles. The molecule has 12 atom stereocenters. The average molecular weight is 687 g/mol. The summed E-state index contributed by atoms with van der Waals surface area (Å²) in [7, 11) is 0. The van der Waals surface area contributed by atoms with E-state index in [0.717, 1.165) is 37.7 Å². The molecule has 0 amide bonds. The van der Waals surface area contributed by atoms with Crippen LogP contribution in [-0.4, -0.2) is 69.5 Å². The lowest BCUT2D eigenvalue weighted by molar-refractivity contribution is -0.292. The van der Waals surface area contributed by atoms with Gasteiger partial charge in [-0.1, -0.05) is 79.7 Å². The Balaban J connectivity index is 0.00000541. The Kier molecular flexibility index (Phi) is 10.5. The number of aliphatic hydroxyl groups excluding tert-OH is 4. The van der Waals surface area contributed by atoms with E-state index in [1.54, 1.807) is 39.8 Å². The summed E-state index contributed by atoms with van der Waals surface area (Å²) < 4.78 is 12.4. The molecule has 5 aliphatic carbocycles. The lowest BCUT2D eigenvalue weighted by atomic mass is 9.32. The second kappa shape index (κ2) is 12.9. The number of hydrogen-bond donors (Lipinski definition) is 4. The molecule has 5 rings (SSSR count). The molecule has 0 saturated heterocycles. The van der Waals surface area contributed by atoms with Crippen molar-refractivity contribution < 1.29 is 39.5 Å². The Morgan fingerprint density at radius 2 is 1.39 bits per heavy atom. The summed E-state index contributed by atoms with van der Waals surface area (Å²) in [5.74, 6) is -1.12. The second-order valence-corrected chi connectivity index (χ2v) is 18.0. The first-order valence-corrected chi connectivity index (χ1v) is 18.2. The van der Waals surface area contributed by atoms with Gasteiger partial charge in [0.15, 0.2) is 6.10 Å². The number of allylic oxidation sites excluding steroid dienone is 3. The number of aliphatic hydroxyl groups is 4. The Bertz CT molecular complexity index is 1410. The van der Waals surface area contributed by atoms with Gasteiger partial charge < -0.3 is 29.9 Å². The van der Waals surface area contributed by atoms with E-state index < -0.39 is 70.5 Å². The van der Waals surface area contributed by atoms with Crippen molar-refractivity contribution in [3.8, 4) is 0 Å². The zero-order valence-electron chi connectivity index (χ0n) is 31.2. The predicted molar refractivity (Wildman–Crippen MR) is 191 cm³/mol. The first kappa shape index (κ1) is 39.8. The fourth-order valence-corrected chi connectivity index (χ4v) is 11.9. The summed E-state index contributed by atoms with van der Waals surface area (Å²) in [6.07, 6.45) is 4.81. The van der Waals surface area contributed by atoms with E-state index in [9.17, 15) is 30.0 Å². The number of rotatable bonds is 5. The van der Waals surface area contributed by atoms with Gasteiger partial charge in [0.1, 0.15) is 6.10 Å². The standard InChI is InChI=1S/C40H62O8.CH4/c1-12-22(3)33(45)47-31-32(48-34(46)23(4)13-2)40(21-41)25(20-35(31,5)6)24-14-15-27-37(9)18-17-28(42)36(7,8)26(37)16-19-38(27,10)39(24,11)29(43)30(40)44;/h12-14,25-32,41-44H,15-21H2,1-11H3;1H4/b22-12-,23-13-;/t25?,26?,27?,28-,29-,30+,31-,32-,37-,38+,39-,40-;/m0./s1. The smallest absolute Gasteiger partial charge is 0.333 e. The van der Waals surface area contributed by atoms with E-state index in [4.69, 9.17) is 9.47 Å². The van der Waals surface area contributed by atoms with Gasteiger partial charge in [0.05, 0.1) is 30.3 Å². The maximum absolute atomic E-state index is 13.5. The van der Waals surface area contributed by atoms with Crippen molar-refractivity contribution in [1.82, 2.24) is 0 Å². The molecule has 0 radical (unpaired) electrons. The third-order valence-corrected chi connectivity index (χ3v) is 15.4. The minimum atomic E-state index is -1.53. The predicted octanol–water partition coefficient (Wildman–Crippen LogP) is 6.69. The van der Waals surface area contributed by atoms with Gasteiger partial charge in [-0.15, -0.1) is 0 Å². The fourth-order valence-electron chi connectivity index (χ4n) is 11.9. The summed E-state index contributed by atoms with van der Waals surface area (Å²) in [5, 5.41) is 47.8. The van der Waals surface area contributed by atoms with Gasteiger partial charge in [0.2, 0.25) is 0 Å². The molecule has 8 nitrogen and oxygen atoms in total. The molecule has 0 aromatic carbocycles. The monoisotopic (exact) mass is 686 g/mol. The SMILES string of the molecule is C.C/C=C(/C)C(=O)O[C@H]1[C@H](OC(=O)/C(C)=C\C)[C@@]2(CO)C(CC1(C)C)C1=CCC3[C@@]4(C)CC[C@H](O)C(C)(C)C4CC[C@@]3(C)[C@]1(C)[C@@H](O)[C@H]2O. The Morgan fingerprint density at radius 1 is 0.837 bits per heavy atom. The van der Waals surface area contributed by atoms with Crippen molar-refractivity contribution in [2.75, 3.05) is 6.61 Å². The molecule has 278 valence electrons. The van der Waals surface area contributed by atoms with Crippen LogP contribution >= 0.6 is 0 Å². The molecule has 5 aliphatic rings. The fraction of sp³-hybridized carbons (Fsp3) is 0.805. The van der Waals surface area contributed by atoms with Crippen molar-refractivity contribution in [3.63, 3.8) is 0 Å². The first-order valence-electron chi connectivity index (χ1n) is 18.2. The van der Waals surface area contributed by atoms with Crippen LogP contribution in [0.1, 0.15) is 122 Å². The van der Waals surface area contributed by atoms with E-state index in [1.165, 1.54) is 0 Å². The molecule has 0 bridgehead atoms. The van der Waals surface area contributed by atoms with Gasteiger partial charge in [0, 0.05) is 22.0 Å². The van der Waals surface area contributed by atoms with Crippen LogP contribution in [0.4, 0.5) is 0 Å². The van der Waals surface area contributed by atoms with Crippen molar-refractivity contribution in [2.24, 2.45) is 50.2 Å². The number of carbonyl (C=O) groups excluding carboxylic acids is 2. The van der Waals surface area contributed by atoms with Crippen molar-refractivity contribution >= 4 is 11.9 Å². The minimum Gasteiger partial charge on any atom is -0.454 e. The average Bonchev–Trinajstić information content (AvgIpc) is 3.03. The molecule has 4 fully saturated rings. The normalized spacial score (nSPS) is 45.7. The number of ether oxygens (including phenoxy) is 2. The number of fused-ring (bicyclic) bond motifs is 7. The maximum atomic E-state index is 13.5. The van der Waals surface area contributed by atoms with E-state index in [-0.39, 0.29) is 30.3 Å². The lowest BCUT2D eigenvalue weighted by Gasteiger charge is -2.73. The summed E-state index contributed by atoms with van der Waals surface area (Å²) in [6.45, 7) is 21.4. The molecular formula is C41H66O8. The summed E-state index contributed by atoms with van der Waals surface area (Å²) in [5.41, 5.74) is -2.06. The van der Waals surface area contributed by atoms with Crippen LogP contribution in [0.15, 0.2) is 34.9 Å². The van der Waals surface area contributed by atoms with Crippen LogP contribution in [0.25, 0.3) is 0 Å². The molecule has 8 heteroatoms. The molecule has 0 spiro atoms. The zero-order valence-corrected chi connectivity index (χ0v) is 31.2. The van der Waals surface area contributed by atoms with Gasteiger partial charge >= 0.3 is 11.9 Å². The number of carbonyl (C=O) groups is 2. The highest BCUT2D eigenvalue weighted by atomic mass is 16.6. The summed E-state index contributed by atoms with van der Waals surface area (Å²) in [6, 6.07) is 0. The minimum absolute atomic E-state index is 0. The Labute approximate surface area is 295 Å². The highest BCUT2D eigenvalue weighted by Gasteiger charge is 2.76. The van der Waals surface area contributed by atoms with Gasteiger partial charge in [0.25, 0.3) is 0 Å². The maximum Gasteiger partial charge on any atom is 0.333 e. The molecule has 4 saturated carbocycles. The topological polar surface area (TPSA) is 134 Å². The van der Waals surface area contributed by atoms with Crippen molar-refractivity contribution in [1.29, 1.82) is 0 Å². The first-order chi connectivity index (χ1) is 22.2. The molecule has 0 aromatic heterocycles. The van der Waals surface area contributed by atoms with Crippen LogP contribution in [0, 0.1) is 50.2 Å². The van der Waals surface area contributed by atoms with Gasteiger partial charge in [-0.05, 0) is 100 Å². The number of hydrogen-bond acceptors (Lipinski definition) is 8. The molecule has 3 unspecified atom stereocenters. The van der Waals surface area contributed by atoms with Gasteiger partial charge in [-0.2, -0.15) is 0 Å². The largest absolute Gasteiger partial charge is 0.454 e. The number of esters is 2. The van der Waals surface area contributed by atoms with E-state index in [0.29, 0.717) is 23.5 Å². The quantitative estimate of drug-likeness (QED) is 0.143. The van der Waals surface area contributed by atoms with Gasteiger partial charge in [-0.25, -0.2) is 9.59 Å². The third kappa shape index (κ3) is 5.27. The molecule has 49 heavy (non-hydrogen) atoms. The van der Waals surface area contributed by atoms with Crippen LogP contribution in [0.2, 0.25) is 0 Å². The van der Waals surface area contributed by atoms with Crippen LogP contribution in [0.5, 0.6) is 0 Å². The van der Waals surface area contributed by atoms with Crippen molar-refractivity contribution in [3.05, 3.63) is 34.9 Å². The third-order valence-electron chi connectivity index (χ3n) is 15.4. The van der Waals surface area contributed by atoms with E-state index in [2.05, 4.69) is 40.7 Å². The molecular weight excluding hydrogens is 620 g/mol. The Morgan fingerprint density at radius 3 is 1.92 bits per heavy atom. The molecule has 0 aromatic rings. The Hall–Kier alpha value is -2.00. The van der Waals surface area contributed by atoms with Crippen LogP contribution < -0.4 is 0 Å². The van der Waals surface area contributed by atoms with Crippen molar-refractivity contribution in [2.45, 2.75) is 153 Å².